The molecule has 1 aliphatic carbocycles. The summed E-state index contributed by atoms with van der Waals surface area (Å²) >= 11 is 0. The zero-order valence-corrected chi connectivity index (χ0v) is 11.6. The number of hydrogen-bond donors (Lipinski definition) is 2. The second-order valence-corrected chi connectivity index (χ2v) is 6.19. The number of fused-ring (bicyclic) bond motifs is 1. The van der Waals surface area contributed by atoms with Crippen molar-refractivity contribution in [2.24, 2.45) is 11.3 Å². The fourth-order valence-corrected chi connectivity index (χ4v) is 3.05. The van der Waals surface area contributed by atoms with Gasteiger partial charge in [0.1, 0.15) is 5.82 Å². The fraction of sp³-hybridized carbons (Fsp3) is 0.467. The van der Waals surface area contributed by atoms with Crippen LogP contribution in [0.5, 0.6) is 0 Å². The molecule has 1 aromatic heterocycles. The molecule has 1 heterocycles. The molecule has 2 aromatic rings. The van der Waals surface area contributed by atoms with Gasteiger partial charge in [-0.05, 0) is 42.5 Å². The number of rotatable bonds is 2. The maximum absolute atomic E-state index is 11.2. The molecule has 1 fully saturated rings. The maximum atomic E-state index is 11.2. The Kier molecular flexibility index (Phi) is 2.31. The van der Waals surface area contributed by atoms with Crippen LogP contribution in [0.4, 0.5) is 0 Å². The number of hydrogen-bond acceptors (Lipinski definition) is 2. The molecule has 1 aromatic carbocycles. The van der Waals surface area contributed by atoms with Crippen LogP contribution in [0.15, 0.2) is 12.1 Å². The van der Waals surface area contributed by atoms with Crippen molar-refractivity contribution in [2.75, 3.05) is 0 Å². The van der Waals surface area contributed by atoms with Gasteiger partial charge in [-0.25, -0.2) is 4.98 Å². The van der Waals surface area contributed by atoms with Crippen LogP contribution < -0.4 is 0 Å². The summed E-state index contributed by atoms with van der Waals surface area (Å²) in [5.74, 6) is -0.284. The lowest BCUT2D eigenvalue weighted by molar-refractivity contribution is -0.139. The molecule has 2 atom stereocenters. The fourth-order valence-electron chi connectivity index (χ4n) is 3.05. The number of aromatic amines is 1. The molecule has 100 valence electrons. The second-order valence-electron chi connectivity index (χ2n) is 6.19. The van der Waals surface area contributed by atoms with Crippen LogP contribution in [0.3, 0.4) is 0 Å². The number of H-pyrrole nitrogens is 1. The highest BCUT2D eigenvalue weighted by Gasteiger charge is 2.64. The van der Waals surface area contributed by atoms with E-state index >= 15 is 0 Å². The average Bonchev–Trinajstić information content (AvgIpc) is 2.67. The Balaban J connectivity index is 2.06. The molecule has 4 nitrogen and oxygen atoms in total. The number of nitrogens with one attached hydrogen (secondary N) is 1. The van der Waals surface area contributed by atoms with E-state index in [-0.39, 0.29) is 17.3 Å². The van der Waals surface area contributed by atoms with Gasteiger partial charge in [-0.2, -0.15) is 0 Å². The summed E-state index contributed by atoms with van der Waals surface area (Å²) in [4.78, 5) is 19.1. The summed E-state index contributed by atoms with van der Waals surface area (Å²) < 4.78 is 0. The van der Waals surface area contributed by atoms with Crippen LogP contribution in [0, 0.1) is 25.2 Å². The van der Waals surface area contributed by atoms with Crippen molar-refractivity contribution in [2.45, 2.75) is 33.6 Å². The van der Waals surface area contributed by atoms with Crippen molar-refractivity contribution in [1.82, 2.24) is 9.97 Å². The van der Waals surface area contributed by atoms with E-state index in [2.05, 4.69) is 35.9 Å². The highest BCUT2D eigenvalue weighted by Crippen LogP contribution is 2.63. The number of aromatic nitrogens is 2. The minimum absolute atomic E-state index is 0.0157. The van der Waals surface area contributed by atoms with E-state index in [1.54, 1.807) is 0 Å². The molecule has 0 spiro atoms. The Hall–Kier alpha value is -1.84. The van der Waals surface area contributed by atoms with Crippen LogP contribution in [-0.4, -0.2) is 21.0 Å². The first-order valence-corrected chi connectivity index (χ1v) is 6.52. The van der Waals surface area contributed by atoms with Gasteiger partial charge in [-0.1, -0.05) is 13.8 Å². The van der Waals surface area contributed by atoms with Gasteiger partial charge >= 0.3 is 5.97 Å². The SMILES string of the molecule is Cc1cc2nc(C3C(C(=O)O)C3(C)C)[nH]c2cc1C. The molecule has 0 amide bonds. The molecular formula is C15H18N2O2. The van der Waals surface area contributed by atoms with E-state index in [4.69, 9.17) is 0 Å². The van der Waals surface area contributed by atoms with Gasteiger partial charge in [-0.15, -0.1) is 0 Å². The van der Waals surface area contributed by atoms with Crippen molar-refractivity contribution in [3.05, 3.63) is 29.1 Å². The summed E-state index contributed by atoms with van der Waals surface area (Å²) in [5, 5.41) is 9.24. The van der Waals surface area contributed by atoms with Gasteiger partial charge in [0.25, 0.3) is 0 Å². The Labute approximate surface area is 111 Å². The van der Waals surface area contributed by atoms with Crippen molar-refractivity contribution in [3.8, 4) is 0 Å². The second kappa shape index (κ2) is 3.59. The largest absolute Gasteiger partial charge is 0.481 e. The molecule has 0 saturated heterocycles. The Morgan fingerprint density at radius 1 is 1.32 bits per heavy atom. The predicted molar refractivity (Wildman–Crippen MR) is 73.2 cm³/mol. The van der Waals surface area contributed by atoms with Gasteiger partial charge in [0.15, 0.2) is 0 Å². The quantitative estimate of drug-likeness (QED) is 0.870. The number of benzene rings is 1. The van der Waals surface area contributed by atoms with E-state index in [9.17, 15) is 9.90 Å². The molecule has 0 bridgehead atoms. The monoisotopic (exact) mass is 258 g/mol. The number of aryl methyl sites for hydroxylation is 2. The zero-order chi connectivity index (χ0) is 13.9. The molecule has 1 saturated carbocycles. The van der Waals surface area contributed by atoms with Crippen LogP contribution >= 0.6 is 0 Å². The van der Waals surface area contributed by atoms with Gasteiger partial charge in [-0.3, -0.25) is 4.79 Å². The number of imidazole rings is 1. The number of carboxylic acids is 1. The van der Waals surface area contributed by atoms with Crippen LogP contribution in [0.25, 0.3) is 11.0 Å². The van der Waals surface area contributed by atoms with Gasteiger partial charge in [0.05, 0.1) is 17.0 Å². The predicted octanol–water partition coefficient (Wildman–Crippen LogP) is 3.00. The minimum atomic E-state index is -0.734. The first-order valence-electron chi connectivity index (χ1n) is 6.52. The summed E-state index contributed by atoms with van der Waals surface area (Å²) in [5.41, 5.74) is 4.11. The summed E-state index contributed by atoms with van der Waals surface area (Å²) in [6.45, 7) is 8.10. The first kappa shape index (κ1) is 12.2. The molecule has 3 rings (SSSR count). The Bertz CT molecular complexity index is 646. The summed E-state index contributed by atoms with van der Waals surface area (Å²) in [7, 11) is 0. The summed E-state index contributed by atoms with van der Waals surface area (Å²) in [6.07, 6.45) is 0. The van der Waals surface area contributed by atoms with E-state index in [1.807, 2.05) is 13.8 Å². The number of carbonyl (C=O) groups is 1. The highest BCUT2D eigenvalue weighted by molar-refractivity contribution is 5.80. The third-order valence-corrected chi connectivity index (χ3v) is 4.50. The average molecular weight is 258 g/mol. The normalized spacial score (nSPS) is 24.6. The van der Waals surface area contributed by atoms with E-state index in [1.165, 1.54) is 11.1 Å². The molecule has 4 heteroatoms. The van der Waals surface area contributed by atoms with E-state index in [0.29, 0.717) is 0 Å². The van der Waals surface area contributed by atoms with Crippen molar-refractivity contribution >= 4 is 17.0 Å². The van der Waals surface area contributed by atoms with Crippen molar-refractivity contribution in [1.29, 1.82) is 0 Å². The lowest BCUT2D eigenvalue weighted by Gasteiger charge is -1.97. The molecule has 2 N–H and O–H groups in total. The van der Waals surface area contributed by atoms with Crippen molar-refractivity contribution in [3.63, 3.8) is 0 Å². The van der Waals surface area contributed by atoms with E-state index < -0.39 is 5.97 Å². The molecule has 0 radical (unpaired) electrons. The Morgan fingerprint density at radius 2 is 1.95 bits per heavy atom. The lowest BCUT2D eigenvalue weighted by Crippen LogP contribution is -2.03. The highest BCUT2D eigenvalue weighted by atomic mass is 16.4. The van der Waals surface area contributed by atoms with Gasteiger partial charge in [0, 0.05) is 5.92 Å². The smallest absolute Gasteiger partial charge is 0.307 e. The van der Waals surface area contributed by atoms with E-state index in [0.717, 1.165) is 16.9 Å². The van der Waals surface area contributed by atoms with Crippen LogP contribution in [0.1, 0.15) is 36.7 Å². The zero-order valence-electron chi connectivity index (χ0n) is 11.6. The van der Waals surface area contributed by atoms with Crippen LogP contribution in [0.2, 0.25) is 0 Å². The standard InChI is InChI=1S/C15H18N2O2/c1-7-5-9-10(6-8(7)2)17-13(16-9)11-12(14(18)19)15(11,3)4/h5-6,11-12H,1-4H3,(H,16,17)(H,18,19). The molecular weight excluding hydrogens is 240 g/mol. The minimum Gasteiger partial charge on any atom is -0.481 e. The van der Waals surface area contributed by atoms with Gasteiger partial charge < -0.3 is 10.1 Å². The molecule has 1 aliphatic rings. The Morgan fingerprint density at radius 3 is 2.53 bits per heavy atom. The third-order valence-electron chi connectivity index (χ3n) is 4.50. The maximum Gasteiger partial charge on any atom is 0.307 e. The van der Waals surface area contributed by atoms with Gasteiger partial charge in [0.2, 0.25) is 0 Å². The van der Waals surface area contributed by atoms with Crippen molar-refractivity contribution < 1.29 is 9.90 Å². The number of nitrogens with zero attached hydrogens (tertiary/aromatic N) is 1. The molecule has 19 heavy (non-hydrogen) atoms. The summed E-state index contributed by atoms with van der Waals surface area (Å²) in [6, 6.07) is 4.13. The third kappa shape index (κ3) is 1.66. The number of aliphatic carboxylic acids is 1. The van der Waals surface area contributed by atoms with Crippen LogP contribution in [-0.2, 0) is 4.79 Å². The molecule has 0 aliphatic heterocycles. The lowest BCUT2D eigenvalue weighted by atomic mass is 10.1. The number of carboxylic acid groups (broad SMARTS) is 1. The topological polar surface area (TPSA) is 66.0 Å². The first-order chi connectivity index (χ1) is 8.82. The molecule has 2 unspecified atom stereocenters.